The van der Waals surface area contributed by atoms with Gasteiger partial charge in [0.1, 0.15) is 24.5 Å². The minimum atomic E-state index is -0.371. The molecule has 3 aromatic rings. The van der Waals surface area contributed by atoms with Crippen LogP contribution in [0.3, 0.4) is 0 Å². The molecule has 0 aliphatic rings. The summed E-state index contributed by atoms with van der Waals surface area (Å²) in [7, 11) is 3.40. The Balaban J connectivity index is 2.01. The number of nitrogens with zero attached hydrogens (tertiary/aromatic N) is 2. The van der Waals surface area contributed by atoms with E-state index in [0.717, 1.165) is 33.6 Å². The minimum Gasteiger partial charge on any atom is -0.486 e. The average Bonchev–Trinajstić information content (AvgIpc) is 2.78. The van der Waals surface area contributed by atoms with Gasteiger partial charge < -0.3 is 20.1 Å². The summed E-state index contributed by atoms with van der Waals surface area (Å²) in [5.41, 5.74) is 7.11. The number of rotatable bonds is 9. The fourth-order valence-corrected chi connectivity index (χ4v) is 4.45. The lowest BCUT2D eigenvalue weighted by Crippen LogP contribution is -2.31. The molecule has 35 heavy (non-hydrogen) atoms. The molecule has 2 aromatic heterocycles. The zero-order chi connectivity index (χ0) is 25.7. The summed E-state index contributed by atoms with van der Waals surface area (Å²) < 4.78 is 11.2. The van der Waals surface area contributed by atoms with Crippen LogP contribution < -0.4 is 15.4 Å². The highest BCUT2D eigenvalue weighted by atomic mass is 35.5. The van der Waals surface area contributed by atoms with Gasteiger partial charge in [0.2, 0.25) is 5.91 Å². The third-order valence-corrected chi connectivity index (χ3v) is 5.95. The van der Waals surface area contributed by atoms with Gasteiger partial charge in [0.15, 0.2) is 0 Å². The van der Waals surface area contributed by atoms with E-state index in [1.54, 1.807) is 6.07 Å². The SMILES string of the molecule is CNC(=C(C)C)c1cc(C)nc2c(OCc3c(Cl)cc(C)nc3C(C)NC(=O)COC)cccc12. The molecule has 2 N–H and O–H groups in total. The van der Waals surface area contributed by atoms with Crippen molar-refractivity contribution in [2.45, 2.75) is 47.3 Å². The van der Waals surface area contributed by atoms with Crippen LogP contribution in [0.25, 0.3) is 16.6 Å². The van der Waals surface area contributed by atoms with Crippen molar-refractivity contribution < 1.29 is 14.3 Å². The molecule has 0 aliphatic heterocycles. The van der Waals surface area contributed by atoms with Crippen LogP contribution in [0.15, 0.2) is 35.9 Å². The molecule has 0 spiro atoms. The van der Waals surface area contributed by atoms with Gasteiger partial charge in [0.05, 0.1) is 16.8 Å². The number of para-hydroxylation sites is 1. The number of benzene rings is 1. The van der Waals surface area contributed by atoms with Crippen molar-refractivity contribution in [2.75, 3.05) is 20.8 Å². The van der Waals surface area contributed by atoms with E-state index in [2.05, 4.69) is 35.5 Å². The summed E-state index contributed by atoms with van der Waals surface area (Å²) in [5.74, 6) is 0.419. The lowest BCUT2D eigenvalue weighted by atomic mass is 10.0. The average molecular weight is 497 g/mol. The van der Waals surface area contributed by atoms with Gasteiger partial charge >= 0.3 is 0 Å². The standard InChI is InChI=1S/C27H33ClN4O3/c1-15(2)25(29-6)20-11-16(3)31-27-19(20)9-8-10-23(27)35-13-21-22(28)12-17(4)30-26(21)18(5)32-24(33)14-34-7/h8-12,18,29H,13-14H2,1-7H3,(H,32,33). The minimum absolute atomic E-state index is 0.0284. The molecule has 0 bridgehead atoms. The smallest absolute Gasteiger partial charge is 0.246 e. The Hall–Kier alpha value is -3.16. The summed E-state index contributed by atoms with van der Waals surface area (Å²) in [6.07, 6.45) is 0. The first-order valence-corrected chi connectivity index (χ1v) is 11.9. The number of nitrogens with one attached hydrogen (secondary N) is 2. The van der Waals surface area contributed by atoms with Gasteiger partial charge in [-0.05, 0) is 52.8 Å². The molecule has 0 aliphatic carbocycles. The van der Waals surface area contributed by atoms with E-state index in [9.17, 15) is 4.79 Å². The quantitative estimate of drug-likeness (QED) is 0.419. The number of fused-ring (bicyclic) bond motifs is 1. The molecule has 0 saturated carbocycles. The molecule has 1 unspecified atom stereocenters. The molecule has 3 rings (SSSR count). The van der Waals surface area contributed by atoms with E-state index < -0.39 is 0 Å². The van der Waals surface area contributed by atoms with Gasteiger partial charge in [-0.3, -0.25) is 9.78 Å². The van der Waals surface area contributed by atoms with Gasteiger partial charge in [-0.15, -0.1) is 0 Å². The lowest BCUT2D eigenvalue weighted by Gasteiger charge is -2.20. The Morgan fingerprint density at radius 3 is 2.51 bits per heavy atom. The second kappa shape index (κ2) is 11.5. The van der Waals surface area contributed by atoms with Crippen molar-refractivity contribution in [3.05, 3.63) is 69.1 Å². The van der Waals surface area contributed by atoms with E-state index in [4.69, 9.17) is 26.1 Å². The number of pyridine rings is 2. The number of methoxy groups -OCH3 is 1. The third-order valence-electron chi connectivity index (χ3n) is 5.61. The van der Waals surface area contributed by atoms with Crippen LogP contribution in [0.2, 0.25) is 5.02 Å². The number of aryl methyl sites for hydroxylation is 2. The van der Waals surface area contributed by atoms with Crippen LogP contribution in [0.5, 0.6) is 5.75 Å². The van der Waals surface area contributed by atoms with Crippen molar-refractivity contribution >= 4 is 34.1 Å². The summed E-state index contributed by atoms with van der Waals surface area (Å²) in [4.78, 5) is 21.5. The van der Waals surface area contributed by atoms with E-state index in [-0.39, 0.29) is 25.2 Å². The van der Waals surface area contributed by atoms with E-state index in [1.165, 1.54) is 12.7 Å². The first kappa shape index (κ1) is 26.4. The van der Waals surface area contributed by atoms with Crippen LogP contribution in [0, 0.1) is 13.8 Å². The van der Waals surface area contributed by atoms with Gasteiger partial charge in [0.25, 0.3) is 0 Å². The number of ether oxygens (including phenoxy) is 2. The number of carbonyl (C=O) groups is 1. The number of allylic oxidation sites excluding steroid dienone is 1. The van der Waals surface area contributed by atoms with Crippen molar-refractivity contribution in [2.24, 2.45) is 0 Å². The van der Waals surface area contributed by atoms with Crippen LogP contribution in [-0.2, 0) is 16.1 Å². The molecule has 8 heteroatoms. The van der Waals surface area contributed by atoms with Crippen LogP contribution >= 0.6 is 11.6 Å². The number of amides is 1. The lowest BCUT2D eigenvalue weighted by molar-refractivity contribution is -0.125. The van der Waals surface area contributed by atoms with Gasteiger partial charge in [-0.25, -0.2) is 4.98 Å². The topological polar surface area (TPSA) is 85.4 Å². The van der Waals surface area contributed by atoms with Crippen LogP contribution in [0.4, 0.5) is 0 Å². The van der Waals surface area contributed by atoms with E-state index in [0.29, 0.717) is 22.0 Å². The van der Waals surface area contributed by atoms with Crippen molar-refractivity contribution in [3.63, 3.8) is 0 Å². The molecule has 1 aromatic carbocycles. The predicted molar refractivity (Wildman–Crippen MR) is 141 cm³/mol. The van der Waals surface area contributed by atoms with E-state index >= 15 is 0 Å². The van der Waals surface area contributed by atoms with Crippen molar-refractivity contribution in [3.8, 4) is 5.75 Å². The molecule has 186 valence electrons. The maximum absolute atomic E-state index is 12.1. The first-order chi connectivity index (χ1) is 16.7. The Morgan fingerprint density at radius 1 is 1.14 bits per heavy atom. The second-order valence-corrected chi connectivity index (χ2v) is 9.12. The highest BCUT2D eigenvalue weighted by Gasteiger charge is 2.20. The summed E-state index contributed by atoms with van der Waals surface area (Å²) >= 11 is 6.62. The Labute approximate surface area is 211 Å². The van der Waals surface area contributed by atoms with Crippen LogP contribution in [-0.4, -0.2) is 36.6 Å². The number of hydrogen-bond acceptors (Lipinski definition) is 6. The third kappa shape index (κ3) is 6.10. The molecule has 0 saturated heterocycles. The maximum atomic E-state index is 12.1. The largest absolute Gasteiger partial charge is 0.486 e. The predicted octanol–water partition coefficient (Wildman–Crippen LogP) is 5.27. The Kier molecular flexibility index (Phi) is 8.70. The fraction of sp³-hybridized carbons (Fsp3) is 0.370. The number of carbonyl (C=O) groups excluding carboxylic acids is 1. The number of halogens is 1. The highest BCUT2D eigenvalue weighted by molar-refractivity contribution is 6.31. The number of aromatic nitrogens is 2. The van der Waals surface area contributed by atoms with Crippen molar-refractivity contribution in [1.82, 2.24) is 20.6 Å². The monoisotopic (exact) mass is 496 g/mol. The summed E-state index contributed by atoms with van der Waals surface area (Å²) in [6.45, 7) is 10.0. The second-order valence-electron chi connectivity index (χ2n) is 8.71. The Morgan fingerprint density at radius 2 is 1.86 bits per heavy atom. The van der Waals surface area contributed by atoms with Crippen LogP contribution in [0.1, 0.15) is 55.0 Å². The fourth-order valence-electron chi connectivity index (χ4n) is 4.14. The zero-order valence-electron chi connectivity index (χ0n) is 21.4. The van der Waals surface area contributed by atoms with Crippen molar-refractivity contribution in [1.29, 1.82) is 0 Å². The molecular weight excluding hydrogens is 464 g/mol. The van der Waals surface area contributed by atoms with E-state index in [1.807, 2.05) is 46.0 Å². The normalized spacial score (nSPS) is 11.8. The maximum Gasteiger partial charge on any atom is 0.246 e. The highest BCUT2D eigenvalue weighted by Crippen LogP contribution is 2.33. The van der Waals surface area contributed by atoms with Gasteiger partial charge in [-0.2, -0.15) is 0 Å². The zero-order valence-corrected chi connectivity index (χ0v) is 22.1. The van der Waals surface area contributed by atoms with Gasteiger partial charge in [-0.1, -0.05) is 29.3 Å². The molecule has 1 amide bonds. The van der Waals surface area contributed by atoms with Gasteiger partial charge in [0, 0.05) is 47.8 Å². The summed E-state index contributed by atoms with van der Waals surface area (Å²) in [6, 6.07) is 9.41. The molecule has 7 nitrogen and oxygen atoms in total. The Bertz CT molecular complexity index is 1270. The first-order valence-electron chi connectivity index (χ1n) is 11.5. The molecule has 0 radical (unpaired) electrons. The summed E-state index contributed by atoms with van der Waals surface area (Å²) in [5, 5.41) is 7.74. The molecule has 1 atom stereocenters. The number of hydrogen-bond donors (Lipinski definition) is 2. The molecular formula is C27H33ClN4O3. The molecule has 0 fully saturated rings. The molecule has 2 heterocycles.